The Morgan fingerprint density at radius 1 is 1.50 bits per heavy atom. The van der Waals surface area contributed by atoms with Crippen molar-refractivity contribution in [2.24, 2.45) is 0 Å². The molecule has 5 nitrogen and oxygen atoms in total. The number of hydrogen-bond acceptors (Lipinski definition) is 4. The van der Waals surface area contributed by atoms with E-state index in [0.29, 0.717) is 10.0 Å². The maximum absolute atomic E-state index is 12.3. The first-order chi connectivity index (χ1) is 9.19. The van der Waals surface area contributed by atoms with Crippen LogP contribution >= 0.6 is 27.7 Å². The van der Waals surface area contributed by atoms with Gasteiger partial charge < -0.3 is 5.11 Å². The summed E-state index contributed by atoms with van der Waals surface area (Å²) in [7, 11) is -3.75. The SMILES string of the molecule is CSC(C)CNS(=O)(=O)c1cc(C(=O)O)cc(C)c1Br. The van der Waals surface area contributed by atoms with Crippen LogP contribution in [0.15, 0.2) is 21.5 Å². The van der Waals surface area contributed by atoms with Crippen LogP contribution in [0.25, 0.3) is 0 Å². The lowest BCUT2D eigenvalue weighted by Gasteiger charge is -2.13. The van der Waals surface area contributed by atoms with Crippen LogP contribution in [0.3, 0.4) is 0 Å². The van der Waals surface area contributed by atoms with Crippen LogP contribution in [0.2, 0.25) is 0 Å². The Kier molecular flexibility index (Phi) is 6.06. The zero-order valence-electron chi connectivity index (χ0n) is 11.3. The maximum Gasteiger partial charge on any atom is 0.335 e. The van der Waals surface area contributed by atoms with Crippen molar-refractivity contribution in [2.75, 3.05) is 12.8 Å². The molecule has 0 aliphatic rings. The molecule has 112 valence electrons. The molecule has 1 atom stereocenters. The van der Waals surface area contributed by atoms with Gasteiger partial charge in [0.1, 0.15) is 0 Å². The molecule has 0 bridgehead atoms. The normalized spacial score (nSPS) is 13.2. The lowest BCUT2D eigenvalue weighted by atomic mass is 10.1. The summed E-state index contributed by atoms with van der Waals surface area (Å²) in [6, 6.07) is 2.58. The van der Waals surface area contributed by atoms with Gasteiger partial charge in [0, 0.05) is 16.3 Å². The molecule has 1 rings (SSSR count). The van der Waals surface area contributed by atoms with E-state index >= 15 is 0 Å². The fourth-order valence-electron chi connectivity index (χ4n) is 1.44. The molecule has 1 unspecified atom stereocenters. The molecule has 1 aromatic rings. The molecule has 20 heavy (non-hydrogen) atoms. The molecule has 0 spiro atoms. The number of benzene rings is 1. The van der Waals surface area contributed by atoms with E-state index in [1.807, 2.05) is 13.2 Å². The molecule has 2 N–H and O–H groups in total. The molecular weight excluding hydrogens is 366 g/mol. The number of halogens is 1. The quantitative estimate of drug-likeness (QED) is 0.790. The predicted molar refractivity (Wildman–Crippen MR) is 84.0 cm³/mol. The number of carbonyl (C=O) groups is 1. The van der Waals surface area contributed by atoms with Crippen molar-refractivity contribution in [3.8, 4) is 0 Å². The highest BCUT2D eigenvalue weighted by Gasteiger charge is 2.21. The molecular formula is C12H16BrNO4S2. The average molecular weight is 382 g/mol. The van der Waals surface area contributed by atoms with Gasteiger partial charge in [-0.25, -0.2) is 17.9 Å². The molecule has 1 aromatic carbocycles. The summed E-state index contributed by atoms with van der Waals surface area (Å²) in [5.41, 5.74) is 0.507. The predicted octanol–water partition coefficient (Wildman–Crippen LogP) is 2.49. The highest BCUT2D eigenvalue weighted by Crippen LogP contribution is 2.27. The van der Waals surface area contributed by atoms with Crippen LogP contribution in [0.4, 0.5) is 0 Å². The third-order valence-corrected chi connectivity index (χ3v) is 6.45. The lowest BCUT2D eigenvalue weighted by Crippen LogP contribution is -2.30. The number of aromatic carboxylic acids is 1. The van der Waals surface area contributed by atoms with Gasteiger partial charge in [-0.1, -0.05) is 6.92 Å². The van der Waals surface area contributed by atoms with Crippen LogP contribution in [-0.2, 0) is 10.0 Å². The molecule has 0 aliphatic heterocycles. The number of hydrogen-bond donors (Lipinski definition) is 2. The number of rotatable bonds is 6. The molecule has 0 aliphatic carbocycles. The minimum Gasteiger partial charge on any atom is -0.478 e. The molecule has 8 heteroatoms. The van der Waals surface area contributed by atoms with E-state index in [2.05, 4.69) is 20.7 Å². The summed E-state index contributed by atoms with van der Waals surface area (Å²) < 4.78 is 27.4. The molecule has 0 heterocycles. The summed E-state index contributed by atoms with van der Waals surface area (Å²) in [6.07, 6.45) is 1.89. The number of aryl methyl sites for hydroxylation is 1. The van der Waals surface area contributed by atoms with E-state index in [1.165, 1.54) is 6.07 Å². The van der Waals surface area contributed by atoms with Crippen molar-refractivity contribution in [3.05, 3.63) is 27.7 Å². The summed E-state index contributed by atoms with van der Waals surface area (Å²) in [4.78, 5) is 11.0. The smallest absolute Gasteiger partial charge is 0.335 e. The first-order valence-electron chi connectivity index (χ1n) is 5.75. The standard InChI is InChI=1S/C12H16BrNO4S2/c1-7-4-9(12(15)16)5-10(11(7)13)20(17,18)14-6-8(2)19-3/h4-5,8,14H,6H2,1-3H3,(H,15,16). The number of sulfonamides is 1. The Balaban J connectivity index is 3.20. The van der Waals surface area contributed by atoms with E-state index in [4.69, 9.17) is 5.11 Å². The van der Waals surface area contributed by atoms with Crippen molar-refractivity contribution in [2.45, 2.75) is 24.0 Å². The third-order valence-electron chi connectivity index (χ3n) is 2.72. The second-order valence-corrected chi connectivity index (χ2v) is 8.11. The lowest BCUT2D eigenvalue weighted by molar-refractivity contribution is 0.0696. The van der Waals surface area contributed by atoms with Gasteiger partial charge in [0.2, 0.25) is 10.0 Å². The van der Waals surface area contributed by atoms with Gasteiger partial charge >= 0.3 is 5.97 Å². The Bertz CT molecular complexity index is 616. The van der Waals surface area contributed by atoms with Crippen molar-refractivity contribution < 1.29 is 18.3 Å². The summed E-state index contributed by atoms with van der Waals surface area (Å²) in [5.74, 6) is -1.16. The van der Waals surface area contributed by atoms with Crippen LogP contribution in [0.1, 0.15) is 22.8 Å². The third kappa shape index (κ3) is 4.21. The van der Waals surface area contributed by atoms with E-state index in [1.54, 1.807) is 18.7 Å². The van der Waals surface area contributed by atoms with E-state index < -0.39 is 16.0 Å². The number of carboxylic acids is 1. The summed E-state index contributed by atoms with van der Waals surface area (Å²) in [6.45, 7) is 3.84. The zero-order chi connectivity index (χ0) is 15.5. The minimum absolute atomic E-state index is 0.0519. The first kappa shape index (κ1) is 17.5. The van der Waals surface area contributed by atoms with Crippen molar-refractivity contribution in [3.63, 3.8) is 0 Å². The Hall–Kier alpha value is -0.570. The van der Waals surface area contributed by atoms with Gasteiger partial charge in [-0.2, -0.15) is 11.8 Å². The van der Waals surface area contributed by atoms with Crippen LogP contribution in [0.5, 0.6) is 0 Å². The molecule has 0 radical (unpaired) electrons. The number of carboxylic acid groups (broad SMARTS) is 1. The topological polar surface area (TPSA) is 83.5 Å². The van der Waals surface area contributed by atoms with Gasteiger partial charge in [-0.15, -0.1) is 0 Å². The second kappa shape index (κ2) is 6.93. The molecule has 0 saturated heterocycles. The Morgan fingerprint density at radius 2 is 2.10 bits per heavy atom. The fourth-order valence-corrected chi connectivity index (χ4v) is 3.97. The Labute approximate surface area is 131 Å². The van der Waals surface area contributed by atoms with Gasteiger partial charge in [-0.05, 0) is 46.8 Å². The fraction of sp³-hybridized carbons (Fsp3) is 0.417. The number of thioether (sulfide) groups is 1. The van der Waals surface area contributed by atoms with Gasteiger partial charge in [0.15, 0.2) is 0 Å². The molecule has 0 aromatic heterocycles. The molecule has 0 amide bonds. The highest BCUT2D eigenvalue weighted by molar-refractivity contribution is 9.10. The Morgan fingerprint density at radius 3 is 2.60 bits per heavy atom. The van der Waals surface area contributed by atoms with Crippen molar-refractivity contribution >= 4 is 43.7 Å². The van der Waals surface area contributed by atoms with Gasteiger partial charge in [0.05, 0.1) is 10.5 Å². The second-order valence-electron chi connectivity index (χ2n) is 4.31. The van der Waals surface area contributed by atoms with E-state index in [0.717, 1.165) is 6.07 Å². The van der Waals surface area contributed by atoms with Crippen molar-refractivity contribution in [1.82, 2.24) is 4.72 Å². The minimum atomic E-state index is -3.75. The molecule has 0 fully saturated rings. The maximum atomic E-state index is 12.3. The van der Waals surface area contributed by atoms with Crippen LogP contribution < -0.4 is 4.72 Å². The van der Waals surface area contributed by atoms with Gasteiger partial charge in [-0.3, -0.25) is 0 Å². The highest BCUT2D eigenvalue weighted by atomic mass is 79.9. The largest absolute Gasteiger partial charge is 0.478 e. The summed E-state index contributed by atoms with van der Waals surface area (Å²) >= 11 is 4.75. The monoisotopic (exact) mass is 381 g/mol. The van der Waals surface area contributed by atoms with Crippen LogP contribution in [0, 0.1) is 6.92 Å². The number of nitrogens with one attached hydrogen (secondary N) is 1. The summed E-state index contributed by atoms with van der Waals surface area (Å²) in [5, 5.41) is 9.14. The van der Waals surface area contributed by atoms with E-state index in [-0.39, 0.29) is 22.3 Å². The molecule has 0 saturated carbocycles. The average Bonchev–Trinajstić information content (AvgIpc) is 2.38. The van der Waals surface area contributed by atoms with Crippen LogP contribution in [-0.4, -0.2) is 37.5 Å². The van der Waals surface area contributed by atoms with Crippen molar-refractivity contribution in [1.29, 1.82) is 0 Å². The first-order valence-corrected chi connectivity index (χ1v) is 9.31. The van der Waals surface area contributed by atoms with E-state index in [9.17, 15) is 13.2 Å². The zero-order valence-corrected chi connectivity index (χ0v) is 14.5. The van der Waals surface area contributed by atoms with Gasteiger partial charge in [0.25, 0.3) is 0 Å².